The Morgan fingerprint density at radius 2 is 1.40 bits per heavy atom. The fourth-order valence-electron chi connectivity index (χ4n) is 3.12. The second-order valence-electron chi connectivity index (χ2n) is 11.0. The molecule has 0 saturated carbocycles. The Morgan fingerprint density at radius 3 is 1.88 bits per heavy atom. The van der Waals surface area contributed by atoms with Crippen molar-refractivity contribution in [1.82, 2.24) is 0 Å². The summed E-state index contributed by atoms with van der Waals surface area (Å²) < 4.78 is 31.7. The molecule has 40 heavy (non-hydrogen) atoms. The maximum Gasteiger partial charge on any atom is 0.514 e. The van der Waals surface area contributed by atoms with Gasteiger partial charge >= 0.3 is 24.2 Å². The third-order valence-corrected chi connectivity index (χ3v) is 6.74. The van der Waals surface area contributed by atoms with Crippen LogP contribution < -0.4 is 15.2 Å². The molecule has 0 aromatic heterocycles. The van der Waals surface area contributed by atoms with Crippen molar-refractivity contribution in [2.24, 2.45) is 11.7 Å². The predicted octanol–water partition coefficient (Wildman–Crippen LogP) is 5.49. The van der Waals surface area contributed by atoms with Crippen LogP contribution in [0, 0.1) is 5.92 Å². The zero-order valence-electron chi connectivity index (χ0n) is 25.2. The zero-order chi connectivity index (χ0) is 30.7. The Balaban J connectivity index is 3.28. The molecule has 0 bridgehead atoms. The van der Waals surface area contributed by atoms with E-state index in [-0.39, 0.29) is 36.9 Å². The van der Waals surface area contributed by atoms with Crippen molar-refractivity contribution in [2.45, 2.75) is 104 Å². The lowest BCUT2D eigenvalue weighted by Gasteiger charge is -2.27. The van der Waals surface area contributed by atoms with E-state index in [0.29, 0.717) is 24.8 Å². The Hall–Kier alpha value is -3.34. The van der Waals surface area contributed by atoms with Gasteiger partial charge in [-0.3, -0.25) is 9.59 Å². The van der Waals surface area contributed by atoms with E-state index >= 15 is 0 Å². The molecule has 1 aromatic rings. The standard InChI is InChI=1S/C29H45NO10/c1-10-19(4)23(31)36-16-15-29(30,24(32)35-9)18-20-13-14-21(37-25(33)39-27(5,6)11-2)22(17-20)38-26(34)40-28(7,8)12-3/h13-14,17,19H,10-12,15-16,18,30H2,1-9H3/t19?,29-/m1/s1. The average molecular weight is 568 g/mol. The normalized spacial score (nSPS) is 13.8. The lowest BCUT2D eigenvalue weighted by Crippen LogP contribution is -2.51. The first kappa shape index (κ1) is 34.7. The highest BCUT2D eigenvalue weighted by atomic mass is 16.8. The Morgan fingerprint density at radius 1 is 0.875 bits per heavy atom. The van der Waals surface area contributed by atoms with E-state index in [9.17, 15) is 19.2 Å². The molecule has 0 aliphatic carbocycles. The third-order valence-electron chi connectivity index (χ3n) is 6.74. The predicted molar refractivity (Wildman–Crippen MR) is 147 cm³/mol. The molecule has 0 spiro atoms. The number of hydrogen-bond donors (Lipinski definition) is 1. The number of carbonyl (C=O) groups excluding carboxylic acids is 4. The van der Waals surface area contributed by atoms with Crippen molar-refractivity contribution < 1.29 is 47.6 Å². The van der Waals surface area contributed by atoms with Crippen molar-refractivity contribution in [3.63, 3.8) is 0 Å². The van der Waals surface area contributed by atoms with Gasteiger partial charge in [-0.15, -0.1) is 0 Å². The van der Waals surface area contributed by atoms with Crippen LogP contribution in [0.3, 0.4) is 0 Å². The van der Waals surface area contributed by atoms with Crippen molar-refractivity contribution in [1.29, 1.82) is 0 Å². The van der Waals surface area contributed by atoms with Crippen molar-refractivity contribution in [3.05, 3.63) is 23.8 Å². The van der Waals surface area contributed by atoms with Crippen LogP contribution in [-0.2, 0) is 35.0 Å². The topological polar surface area (TPSA) is 150 Å². The van der Waals surface area contributed by atoms with Crippen LogP contribution in [0.1, 0.15) is 86.6 Å². The Labute approximate surface area is 236 Å². The maximum absolute atomic E-state index is 12.7. The summed E-state index contributed by atoms with van der Waals surface area (Å²) in [6.07, 6.45) is -0.413. The molecule has 1 aromatic carbocycles. The molecule has 226 valence electrons. The molecule has 11 heteroatoms. The summed E-state index contributed by atoms with van der Waals surface area (Å²) in [4.78, 5) is 49.7. The molecule has 0 aliphatic heterocycles. The molecule has 0 radical (unpaired) electrons. The molecule has 2 N–H and O–H groups in total. The number of nitrogens with two attached hydrogens (primary N) is 1. The van der Waals surface area contributed by atoms with Gasteiger partial charge in [0.15, 0.2) is 11.5 Å². The molecule has 0 fully saturated rings. The number of hydrogen-bond acceptors (Lipinski definition) is 11. The minimum Gasteiger partial charge on any atom is -0.468 e. The molecular weight excluding hydrogens is 522 g/mol. The van der Waals surface area contributed by atoms with Gasteiger partial charge in [-0.2, -0.15) is 0 Å². The first-order valence-corrected chi connectivity index (χ1v) is 13.5. The minimum absolute atomic E-state index is 0.0263. The number of methoxy groups -OCH3 is 1. The van der Waals surface area contributed by atoms with E-state index in [4.69, 9.17) is 34.2 Å². The molecule has 1 unspecified atom stereocenters. The quantitative estimate of drug-likeness (QED) is 0.173. The molecule has 0 saturated heterocycles. The average Bonchev–Trinajstić information content (AvgIpc) is 2.88. The summed E-state index contributed by atoms with van der Waals surface area (Å²) in [6.45, 7) is 14.1. The summed E-state index contributed by atoms with van der Waals surface area (Å²) in [5.74, 6) is -1.64. The number of esters is 2. The Bertz CT molecular complexity index is 1040. The van der Waals surface area contributed by atoms with Crippen molar-refractivity contribution in [2.75, 3.05) is 13.7 Å². The van der Waals surface area contributed by atoms with E-state index in [2.05, 4.69) is 0 Å². The molecule has 1 rings (SSSR count). The van der Waals surface area contributed by atoms with Gasteiger partial charge in [0, 0.05) is 12.8 Å². The molecular formula is C29H45NO10. The first-order chi connectivity index (χ1) is 18.5. The van der Waals surface area contributed by atoms with Crippen LogP contribution in [0.5, 0.6) is 11.5 Å². The summed E-state index contributed by atoms with van der Waals surface area (Å²) in [7, 11) is 1.20. The lowest BCUT2D eigenvalue weighted by atomic mass is 9.88. The van der Waals surface area contributed by atoms with Gasteiger partial charge in [-0.25, -0.2) is 9.59 Å². The summed E-state index contributed by atoms with van der Waals surface area (Å²) >= 11 is 0. The van der Waals surface area contributed by atoms with E-state index in [1.807, 2.05) is 20.8 Å². The van der Waals surface area contributed by atoms with Gasteiger partial charge in [-0.1, -0.05) is 33.8 Å². The largest absolute Gasteiger partial charge is 0.514 e. The SMILES string of the molecule is CCC(C)C(=O)OCC[C@@](N)(Cc1ccc(OC(=O)OC(C)(C)CC)c(OC(=O)OC(C)(C)CC)c1)C(=O)OC. The van der Waals surface area contributed by atoms with Gasteiger partial charge in [-0.05, 0) is 64.7 Å². The maximum atomic E-state index is 12.7. The van der Waals surface area contributed by atoms with E-state index in [1.165, 1.54) is 19.2 Å². The molecule has 0 heterocycles. The van der Waals surface area contributed by atoms with Crippen LogP contribution in [0.2, 0.25) is 0 Å². The minimum atomic E-state index is -1.57. The van der Waals surface area contributed by atoms with E-state index < -0.39 is 41.0 Å². The van der Waals surface area contributed by atoms with Crippen LogP contribution in [0.4, 0.5) is 9.59 Å². The second kappa shape index (κ2) is 14.9. The van der Waals surface area contributed by atoms with Gasteiger partial charge in [0.25, 0.3) is 0 Å². The fraction of sp³-hybridized carbons (Fsp3) is 0.655. The Kier molecular flexibility index (Phi) is 12.9. The smallest absolute Gasteiger partial charge is 0.468 e. The van der Waals surface area contributed by atoms with Crippen molar-refractivity contribution in [3.8, 4) is 11.5 Å². The van der Waals surface area contributed by atoms with E-state index in [1.54, 1.807) is 40.7 Å². The lowest BCUT2D eigenvalue weighted by molar-refractivity contribution is -0.153. The van der Waals surface area contributed by atoms with Crippen LogP contribution in [0.25, 0.3) is 0 Å². The summed E-state index contributed by atoms with van der Waals surface area (Å²) in [5, 5.41) is 0. The first-order valence-electron chi connectivity index (χ1n) is 13.5. The van der Waals surface area contributed by atoms with Gasteiger partial charge in [0.1, 0.15) is 16.7 Å². The highest BCUT2D eigenvalue weighted by Gasteiger charge is 2.36. The van der Waals surface area contributed by atoms with E-state index in [0.717, 1.165) is 0 Å². The number of benzene rings is 1. The molecule has 2 atom stereocenters. The van der Waals surface area contributed by atoms with Crippen LogP contribution in [0.15, 0.2) is 18.2 Å². The molecule has 0 aliphatic rings. The molecule has 0 amide bonds. The fourth-order valence-corrected chi connectivity index (χ4v) is 3.12. The number of rotatable bonds is 14. The second-order valence-corrected chi connectivity index (χ2v) is 11.0. The number of ether oxygens (including phenoxy) is 6. The highest BCUT2D eigenvalue weighted by molar-refractivity contribution is 5.81. The summed E-state index contributed by atoms with van der Waals surface area (Å²) in [5.41, 5.74) is 3.73. The monoisotopic (exact) mass is 567 g/mol. The van der Waals surface area contributed by atoms with Gasteiger partial charge < -0.3 is 34.2 Å². The molecule has 11 nitrogen and oxygen atoms in total. The summed E-state index contributed by atoms with van der Waals surface area (Å²) in [6, 6.07) is 4.35. The zero-order valence-corrected chi connectivity index (χ0v) is 25.2. The van der Waals surface area contributed by atoms with Crippen LogP contribution >= 0.6 is 0 Å². The number of carbonyl (C=O) groups is 4. The van der Waals surface area contributed by atoms with Crippen molar-refractivity contribution >= 4 is 24.2 Å². The third kappa shape index (κ3) is 11.0. The van der Waals surface area contributed by atoms with Gasteiger partial charge in [0.2, 0.25) is 0 Å². The van der Waals surface area contributed by atoms with Gasteiger partial charge in [0.05, 0.1) is 19.6 Å². The van der Waals surface area contributed by atoms with Crippen LogP contribution in [-0.4, -0.2) is 54.7 Å². The highest BCUT2D eigenvalue weighted by Crippen LogP contribution is 2.32.